The molecule has 0 nitrogen and oxygen atoms in total. The molecule has 12 heavy (non-hydrogen) atoms. The van der Waals surface area contributed by atoms with Crippen LogP contribution in [0.5, 0.6) is 0 Å². The number of benzene rings is 1. The van der Waals surface area contributed by atoms with Crippen LogP contribution in [0.4, 0.5) is 17.6 Å². The van der Waals surface area contributed by atoms with Gasteiger partial charge in [0.2, 0.25) is 0 Å². The van der Waals surface area contributed by atoms with Crippen molar-refractivity contribution in [3.63, 3.8) is 0 Å². The Balaban J connectivity index is 3.42. The standard InChI is InChI=1S/C6HClF4S/c7-12-6-4(10)2(8)1-3(9)5(6)11/h1H. The molecule has 0 aromatic heterocycles. The van der Waals surface area contributed by atoms with Crippen molar-refractivity contribution >= 4 is 21.7 Å². The summed E-state index contributed by atoms with van der Waals surface area (Å²) >= 11 is 0. The van der Waals surface area contributed by atoms with E-state index in [-0.39, 0.29) is 17.0 Å². The maximum atomic E-state index is 12.6. The van der Waals surface area contributed by atoms with E-state index < -0.39 is 28.2 Å². The van der Waals surface area contributed by atoms with Gasteiger partial charge in [-0.1, -0.05) is 0 Å². The number of rotatable bonds is 1. The highest BCUT2D eigenvalue weighted by Crippen LogP contribution is 2.30. The molecule has 0 unspecified atom stereocenters. The minimum absolute atomic E-state index is 0.0926. The molecule has 0 atom stereocenters. The molecule has 0 fully saturated rings. The maximum Gasteiger partial charge on any atom is 0.176 e. The van der Waals surface area contributed by atoms with Crippen LogP contribution in [0.25, 0.3) is 0 Å². The molecule has 0 N–H and O–H groups in total. The summed E-state index contributed by atoms with van der Waals surface area (Å²) in [6.45, 7) is 0. The molecular formula is C6HClF4S. The summed E-state index contributed by atoms with van der Waals surface area (Å²) < 4.78 is 49.8. The molecule has 0 spiro atoms. The van der Waals surface area contributed by atoms with Crippen LogP contribution in [-0.2, 0) is 0 Å². The fourth-order valence-electron chi connectivity index (χ4n) is 0.619. The Morgan fingerprint density at radius 3 is 1.75 bits per heavy atom. The molecule has 0 aliphatic heterocycles. The van der Waals surface area contributed by atoms with Crippen molar-refractivity contribution in [2.45, 2.75) is 4.90 Å². The van der Waals surface area contributed by atoms with Gasteiger partial charge in [0, 0.05) is 6.07 Å². The number of halogens is 5. The van der Waals surface area contributed by atoms with Crippen LogP contribution in [0.1, 0.15) is 0 Å². The van der Waals surface area contributed by atoms with Crippen molar-refractivity contribution in [1.29, 1.82) is 0 Å². The predicted octanol–water partition coefficient (Wildman–Crippen LogP) is 3.49. The Morgan fingerprint density at radius 2 is 1.42 bits per heavy atom. The molecule has 0 aliphatic carbocycles. The van der Waals surface area contributed by atoms with Crippen molar-refractivity contribution in [2.75, 3.05) is 0 Å². The largest absolute Gasteiger partial charge is 0.204 e. The van der Waals surface area contributed by atoms with Gasteiger partial charge < -0.3 is 0 Å². The van der Waals surface area contributed by atoms with E-state index in [0.29, 0.717) is 0 Å². The Labute approximate surface area is 74.0 Å². The highest BCUT2D eigenvalue weighted by Gasteiger charge is 2.18. The van der Waals surface area contributed by atoms with Gasteiger partial charge in [-0.3, -0.25) is 0 Å². The molecule has 6 heteroatoms. The second kappa shape index (κ2) is 3.53. The van der Waals surface area contributed by atoms with E-state index in [0.717, 1.165) is 0 Å². The molecule has 1 aromatic carbocycles. The van der Waals surface area contributed by atoms with E-state index in [2.05, 4.69) is 0 Å². The van der Waals surface area contributed by atoms with Gasteiger partial charge in [0.1, 0.15) is 4.90 Å². The van der Waals surface area contributed by atoms with E-state index in [1.54, 1.807) is 0 Å². The molecular weight excluding hydrogens is 216 g/mol. The van der Waals surface area contributed by atoms with E-state index in [1.807, 2.05) is 0 Å². The van der Waals surface area contributed by atoms with E-state index in [4.69, 9.17) is 10.7 Å². The van der Waals surface area contributed by atoms with Crippen LogP contribution in [0.15, 0.2) is 11.0 Å². The third kappa shape index (κ3) is 1.51. The van der Waals surface area contributed by atoms with Crippen molar-refractivity contribution in [2.24, 2.45) is 0 Å². The van der Waals surface area contributed by atoms with Gasteiger partial charge in [0.25, 0.3) is 0 Å². The second-order valence-corrected chi connectivity index (χ2v) is 2.90. The highest BCUT2D eigenvalue weighted by atomic mass is 35.7. The summed E-state index contributed by atoms with van der Waals surface area (Å²) in [5.41, 5.74) is 0. The zero-order valence-corrected chi connectivity index (χ0v) is 6.95. The molecule has 0 amide bonds. The second-order valence-electron chi connectivity index (χ2n) is 1.87. The predicted molar refractivity (Wildman–Crippen MR) is 38.0 cm³/mol. The van der Waals surface area contributed by atoms with Gasteiger partial charge in [0.05, 0.1) is 0 Å². The summed E-state index contributed by atoms with van der Waals surface area (Å²) in [5.74, 6) is -5.88. The quantitative estimate of drug-likeness (QED) is 0.512. The lowest BCUT2D eigenvalue weighted by Gasteiger charge is -2.00. The summed E-state index contributed by atoms with van der Waals surface area (Å²) in [7, 11) is 5.08. The third-order valence-corrected chi connectivity index (χ3v) is 2.12. The first-order valence-electron chi connectivity index (χ1n) is 2.69. The summed E-state index contributed by atoms with van der Waals surface area (Å²) in [5, 5.41) is 0. The van der Waals surface area contributed by atoms with Crippen LogP contribution < -0.4 is 0 Å². The average molecular weight is 217 g/mol. The lowest BCUT2D eigenvalue weighted by Crippen LogP contribution is -1.95. The van der Waals surface area contributed by atoms with Gasteiger partial charge >= 0.3 is 0 Å². The minimum atomic E-state index is -1.48. The normalized spacial score (nSPS) is 10.4. The van der Waals surface area contributed by atoms with Crippen molar-refractivity contribution in [3.05, 3.63) is 29.3 Å². The number of hydrogen-bond acceptors (Lipinski definition) is 1. The molecule has 0 saturated heterocycles. The van der Waals surface area contributed by atoms with E-state index >= 15 is 0 Å². The Hall–Kier alpha value is -0.420. The van der Waals surface area contributed by atoms with Gasteiger partial charge in [0.15, 0.2) is 23.3 Å². The van der Waals surface area contributed by atoms with E-state index in [1.165, 1.54) is 0 Å². The lowest BCUT2D eigenvalue weighted by molar-refractivity contribution is 0.426. The molecule has 66 valence electrons. The van der Waals surface area contributed by atoms with Crippen LogP contribution >= 0.6 is 21.7 Å². The molecule has 1 rings (SSSR count). The SMILES string of the molecule is Fc1cc(F)c(F)c(SCl)c1F. The van der Waals surface area contributed by atoms with Crippen LogP contribution in [-0.4, -0.2) is 0 Å². The monoisotopic (exact) mass is 216 g/mol. The first kappa shape index (κ1) is 9.67. The highest BCUT2D eigenvalue weighted by molar-refractivity contribution is 8.21. The Kier molecular flexibility index (Phi) is 2.85. The summed E-state index contributed by atoms with van der Waals surface area (Å²) in [4.78, 5) is -0.867. The van der Waals surface area contributed by atoms with Crippen molar-refractivity contribution in [3.8, 4) is 0 Å². The van der Waals surface area contributed by atoms with Gasteiger partial charge in [-0.25, -0.2) is 17.6 Å². The van der Waals surface area contributed by atoms with Gasteiger partial charge in [-0.05, 0) is 21.7 Å². The zero-order valence-electron chi connectivity index (χ0n) is 5.38. The zero-order chi connectivity index (χ0) is 9.30. The first-order chi connectivity index (χ1) is 5.57. The summed E-state index contributed by atoms with van der Waals surface area (Å²) in [6.07, 6.45) is 0. The van der Waals surface area contributed by atoms with Crippen LogP contribution in [0.3, 0.4) is 0 Å². The molecule has 1 aromatic rings. The lowest BCUT2D eigenvalue weighted by atomic mass is 10.3. The third-order valence-electron chi connectivity index (χ3n) is 1.15. The minimum Gasteiger partial charge on any atom is -0.204 e. The summed E-state index contributed by atoms with van der Waals surface area (Å²) in [6, 6.07) is 0.126. The first-order valence-corrected chi connectivity index (χ1v) is 4.33. The van der Waals surface area contributed by atoms with Gasteiger partial charge in [-0.2, -0.15) is 0 Å². The smallest absolute Gasteiger partial charge is 0.176 e. The molecule has 0 bridgehead atoms. The molecule has 0 heterocycles. The molecule has 0 saturated carbocycles. The van der Waals surface area contributed by atoms with Gasteiger partial charge in [-0.15, -0.1) is 0 Å². The average Bonchev–Trinajstić information content (AvgIpc) is 2.02. The molecule has 0 radical (unpaired) electrons. The van der Waals surface area contributed by atoms with Crippen LogP contribution in [0, 0.1) is 23.3 Å². The van der Waals surface area contributed by atoms with Crippen LogP contribution in [0.2, 0.25) is 0 Å². The topological polar surface area (TPSA) is 0 Å². The van der Waals surface area contributed by atoms with Crippen molar-refractivity contribution in [1.82, 2.24) is 0 Å². The number of hydrogen-bond donors (Lipinski definition) is 0. The van der Waals surface area contributed by atoms with E-state index in [9.17, 15) is 17.6 Å². The fourth-order valence-corrected chi connectivity index (χ4v) is 1.36. The molecule has 0 aliphatic rings. The Bertz CT molecular complexity index is 289. The fraction of sp³-hybridized carbons (Fsp3) is 0. The Morgan fingerprint density at radius 1 is 1.00 bits per heavy atom. The van der Waals surface area contributed by atoms with Crippen molar-refractivity contribution < 1.29 is 17.6 Å². The maximum absolute atomic E-state index is 12.6.